The molecule has 2 N–H and O–H groups in total. The Balaban J connectivity index is 2.46. The van der Waals surface area contributed by atoms with E-state index in [4.69, 9.17) is 12.2 Å². The summed E-state index contributed by atoms with van der Waals surface area (Å²) in [7, 11) is 0. The zero-order valence-electron chi connectivity index (χ0n) is 7.88. The molecule has 1 rings (SSSR count). The van der Waals surface area contributed by atoms with Crippen LogP contribution in [0.4, 0.5) is 4.39 Å². The van der Waals surface area contributed by atoms with E-state index in [0.29, 0.717) is 17.4 Å². The van der Waals surface area contributed by atoms with Crippen LogP contribution in [0.5, 0.6) is 0 Å². The molecule has 0 aromatic carbocycles. The number of hydrogen-bond acceptors (Lipinski definition) is 2. The lowest BCUT2D eigenvalue weighted by Crippen LogP contribution is -2.34. The van der Waals surface area contributed by atoms with Gasteiger partial charge >= 0.3 is 0 Å². The lowest BCUT2D eigenvalue weighted by Gasteiger charge is -2.08. The van der Waals surface area contributed by atoms with E-state index in [0.717, 1.165) is 6.54 Å². The summed E-state index contributed by atoms with van der Waals surface area (Å²) in [6.07, 6.45) is 1.55. The summed E-state index contributed by atoms with van der Waals surface area (Å²) in [6, 6.07) is 2.93. The number of aromatic nitrogens is 1. The molecule has 0 saturated heterocycles. The van der Waals surface area contributed by atoms with Gasteiger partial charge in [0.15, 0.2) is 5.11 Å². The van der Waals surface area contributed by atoms with E-state index in [1.807, 2.05) is 6.92 Å². The molecule has 14 heavy (non-hydrogen) atoms. The molecule has 0 unspecified atom stereocenters. The molecule has 0 bridgehead atoms. The molecule has 0 atom stereocenters. The molecule has 0 saturated carbocycles. The Bertz CT molecular complexity index is 317. The largest absolute Gasteiger partial charge is 0.363 e. The number of hydrogen-bond donors (Lipinski definition) is 2. The van der Waals surface area contributed by atoms with Crippen LogP contribution in [0, 0.1) is 5.82 Å². The predicted octanol–water partition coefficient (Wildman–Crippen LogP) is 1.20. The molecule has 0 aliphatic rings. The average molecular weight is 213 g/mol. The maximum absolute atomic E-state index is 13.1. The van der Waals surface area contributed by atoms with E-state index in [1.54, 1.807) is 12.3 Å². The summed E-state index contributed by atoms with van der Waals surface area (Å²) in [5.74, 6) is -0.320. The third-order valence-corrected chi connectivity index (χ3v) is 1.88. The highest BCUT2D eigenvalue weighted by Crippen LogP contribution is 2.01. The SMILES string of the molecule is CCNC(=S)NCc1ncccc1F. The monoisotopic (exact) mass is 213 g/mol. The molecule has 3 nitrogen and oxygen atoms in total. The van der Waals surface area contributed by atoms with E-state index in [9.17, 15) is 4.39 Å². The molecule has 76 valence electrons. The van der Waals surface area contributed by atoms with Gasteiger partial charge < -0.3 is 10.6 Å². The van der Waals surface area contributed by atoms with Crippen molar-refractivity contribution in [3.63, 3.8) is 0 Å². The van der Waals surface area contributed by atoms with Gasteiger partial charge in [0.2, 0.25) is 0 Å². The summed E-state index contributed by atoms with van der Waals surface area (Å²) < 4.78 is 13.1. The Hall–Kier alpha value is -1.23. The Labute approximate surface area is 87.7 Å². The standard InChI is InChI=1S/C9H12FN3S/c1-2-11-9(14)13-6-8-7(10)4-3-5-12-8/h3-5H,2,6H2,1H3,(H2,11,13,14). The zero-order valence-corrected chi connectivity index (χ0v) is 8.70. The minimum atomic E-state index is -0.320. The zero-order chi connectivity index (χ0) is 10.4. The maximum Gasteiger partial charge on any atom is 0.166 e. The van der Waals surface area contributed by atoms with Gasteiger partial charge in [-0.3, -0.25) is 4.98 Å². The van der Waals surface area contributed by atoms with Crippen LogP contribution < -0.4 is 10.6 Å². The van der Waals surface area contributed by atoms with E-state index >= 15 is 0 Å². The molecule has 0 radical (unpaired) electrons. The first kappa shape index (κ1) is 10.8. The molecular weight excluding hydrogens is 201 g/mol. The molecule has 5 heteroatoms. The Morgan fingerprint density at radius 3 is 3.00 bits per heavy atom. The number of nitrogens with zero attached hydrogens (tertiary/aromatic N) is 1. The predicted molar refractivity (Wildman–Crippen MR) is 57.3 cm³/mol. The molecule has 0 amide bonds. The van der Waals surface area contributed by atoms with Crippen molar-refractivity contribution < 1.29 is 4.39 Å². The van der Waals surface area contributed by atoms with Crippen molar-refractivity contribution in [2.75, 3.05) is 6.54 Å². The van der Waals surface area contributed by atoms with Crippen molar-refractivity contribution in [1.29, 1.82) is 0 Å². The average Bonchev–Trinajstić information content (AvgIpc) is 2.17. The van der Waals surface area contributed by atoms with Crippen molar-refractivity contribution in [3.05, 3.63) is 29.8 Å². The molecule has 1 heterocycles. The third-order valence-electron chi connectivity index (χ3n) is 1.59. The van der Waals surface area contributed by atoms with Crippen LogP contribution in [-0.2, 0) is 6.54 Å². The smallest absolute Gasteiger partial charge is 0.166 e. The number of thiocarbonyl (C=S) groups is 1. The van der Waals surface area contributed by atoms with Gasteiger partial charge in [-0.2, -0.15) is 0 Å². The quantitative estimate of drug-likeness (QED) is 0.740. The first-order valence-corrected chi connectivity index (χ1v) is 4.76. The number of nitrogens with one attached hydrogen (secondary N) is 2. The van der Waals surface area contributed by atoms with Crippen molar-refractivity contribution in [2.45, 2.75) is 13.5 Å². The molecule has 0 spiro atoms. The first-order valence-electron chi connectivity index (χ1n) is 4.35. The second kappa shape index (κ2) is 5.49. The number of pyridine rings is 1. The van der Waals surface area contributed by atoms with Gasteiger partial charge in [0.05, 0.1) is 12.2 Å². The number of halogens is 1. The fourth-order valence-electron chi connectivity index (χ4n) is 0.936. The normalized spacial score (nSPS) is 9.57. The van der Waals surface area contributed by atoms with Crippen molar-refractivity contribution in [3.8, 4) is 0 Å². The topological polar surface area (TPSA) is 37.0 Å². The summed E-state index contributed by atoms with van der Waals surface area (Å²) >= 11 is 4.92. The molecule has 0 aliphatic carbocycles. The van der Waals surface area contributed by atoms with Crippen LogP contribution in [0.3, 0.4) is 0 Å². The van der Waals surface area contributed by atoms with Crippen LogP contribution in [-0.4, -0.2) is 16.6 Å². The Morgan fingerprint density at radius 2 is 2.36 bits per heavy atom. The van der Waals surface area contributed by atoms with Gasteiger partial charge in [-0.1, -0.05) is 0 Å². The van der Waals surface area contributed by atoms with Crippen LogP contribution in [0.1, 0.15) is 12.6 Å². The van der Waals surface area contributed by atoms with Crippen molar-refractivity contribution in [2.24, 2.45) is 0 Å². The minimum Gasteiger partial charge on any atom is -0.363 e. The van der Waals surface area contributed by atoms with Crippen molar-refractivity contribution >= 4 is 17.3 Å². The maximum atomic E-state index is 13.1. The van der Waals surface area contributed by atoms with Crippen LogP contribution >= 0.6 is 12.2 Å². The molecule has 1 aromatic heterocycles. The third kappa shape index (κ3) is 3.26. The van der Waals surface area contributed by atoms with Gasteiger partial charge in [0.1, 0.15) is 5.82 Å². The summed E-state index contributed by atoms with van der Waals surface area (Å²) in [4.78, 5) is 3.89. The molecule has 0 aliphatic heterocycles. The van der Waals surface area contributed by atoms with Gasteiger partial charge in [-0.05, 0) is 31.3 Å². The highest BCUT2D eigenvalue weighted by molar-refractivity contribution is 7.80. The van der Waals surface area contributed by atoms with E-state index in [1.165, 1.54) is 6.07 Å². The van der Waals surface area contributed by atoms with Gasteiger partial charge in [0, 0.05) is 12.7 Å². The summed E-state index contributed by atoms with van der Waals surface area (Å²) in [5, 5.41) is 6.28. The number of rotatable bonds is 3. The second-order valence-corrected chi connectivity index (χ2v) is 3.05. The molecule has 0 fully saturated rings. The van der Waals surface area contributed by atoms with Crippen LogP contribution in [0.2, 0.25) is 0 Å². The minimum absolute atomic E-state index is 0.304. The Morgan fingerprint density at radius 1 is 1.57 bits per heavy atom. The van der Waals surface area contributed by atoms with Crippen molar-refractivity contribution in [1.82, 2.24) is 15.6 Å². The molecular formula is C9H12FN3S. The van der Waals surface area contributed by atoms with Gasteiger partial charge in [-0.15, -0.1) is 0 Å². The molecule has 1 aromatic rings. The fourth-order valence-corrected chi connectivity index (χ4v) is 1.15. The van der Waals surface area contributed by atoms with E-state index < -0.39 is 0 Å². The highest BCUT2D eigenvalue weighted by Gasteiger charge is 2.01. The highest BCUT2D eigenvalue weighted by atomic mass is 32.1. The summed E-state index contributed by atoms with van der Waals surface area (Å²) in [6.45, 7) is 2.99. The van der Waals surface area contributed by atoms with Gasteiger partial charge in [-0.25, -0.2) is 4.39 Å². The second-order valence-electron chi connectivity index (χ2n) is 2.64. The summed E-state index contributed by atoms with van der Waals surface area (Å²) in [5.41, 5.74) is 0.368. The van der Waals surface area contributed by atoms with Gasteiger partial charge in [0.25, 0.3) is 0 Å². The first-order chi connectivity index (χ1) is 6.74. The fraction of sp³-hybridized carbons (Fsp3) is 0.333. The lowest BCUT2D eigenvalue weighted by molar-refractivity contribution is 0.593. The lowest BCUT2D eigenvalue weighted by atomic mass is 10.3. The van der Waals surface area contributed by atoms with Crippen LogP contribution in [0.15, 0.2) is 18.3 Å². The van der Waals surface area contributed by atoms with E-state index in [-0.39, 0.29) is 5.82 Å². The Kier molecular flexibility index (Phi) is 4.25. The van der Waals surface area contributed by atoms with Crippen LogP contribution in [0.25, 0.3) is 0 Å². The van der Waals surface area contributed by atoms with E-state index in [2.05, 4.69) is 15.6 Å².